The minimum Gasteiger partial charge on any atom is -0.327 e. The topological polar surface area (TPSA) is 56.7 Å². The Labute approximate surface area is 71.8 Å². The fourth-order valence-corrected chi connectivity index (χ4v) is 1.67. The van der Waals surface area contributed by atoms with Gasteiger partial charge in [0.15, 0.2) is 0 Å². The number of hydrogen-bond donors (Lipinski definition) is 1. The monoisotopic (exact) mass is 166 g/mol. The van der Waals surface area contributed by atoms with Crippen LogP contribution in [0.15, 0.2) is 0 Å². The first kappa shape index (κ1) is 7.73. The molecule has 1 aliphatic rings. The van der Waals surface area contributed by atoms with Gasteiger partial charge in [-0.05, 0) is 6.42 Å². The van der Waals surface area contributed by atoms with Gasteiger partial charge < -0.3 is 10.3 Å². The summed E-state index contributed by atoms with van der Waals surface area (Å²) >= 11 is 0. The fraction of sp³-hybridized carbons (Fsp3) is 0.750. The molecule has 1 aromatic heterocycles. The van der Waals surface area contributed by atoms with Gasteiger partial charge in [0.05, 0.1) is 0 Å². The molecule has 0 amide bonds. The molecule has 1 unspecified atom stereocenters. The number of fused-ring (bicyclic) bond motifs is 1. The van der Waals surface area contributed by atoms with Crippen LogP contribution in [0.25, 0.3) is 0 Å². The summed E-state index contributed by atoms with van der Waals surface area (Å²) in [4.78, 5) is 0. The first-order chi connectivity index (χ1) is 5.81. The minimum atomic E-state index is 0.284. The van der Waals surface area contributed by atoms with Crippen molar-refractivity contribution in [3.63, 3.8) is 0 Å². The average Bonchev–Trinajstić information content (AvgIpc) is 2.46. The van der Waals surface area contributed by atoms with Crippen molar-refractivity contribution in [1.29, 1.82) is 0 Å². The van der Waals surface area contributed by atoms with Gasteiger partial charge in [0.2, 0.25) is 0 Å². The molecule has 0 fully saturated rings. The molecule has 1 aromatic rings. The molecule has 0 bridgehead atoms. The van der Waals surface area contributed by atoms with Crippen LogP contribution in [0.5, 0.6) is 0 Å². The third-order valence-corrected chi connectivity index (χ3v) is 2.39. The lowest BCUT2D eigenvalue weighted by atomic mass is 10.1. The van der Waals surface area contributed by atoms with Crippen LogP contribution in [0.3, 0.4) is 0 Å². The van der Waals surface area contributed by atoms with Gasteiger partial charge in [0.25, 0.3) is 0 Å². The molecule has 2 rings (SSSR count). The molecule has 66 valence electrons. The van der Waals surface area contributed by atoms with Crippen molar-refractivity contribution in [2.45, 2.75) is 38.8 Å². The summed E-state index contributed by atoms with van der Waals surface area (Å²) in [6.45, 7) is 3.10. The van der Waals surface area contributed by atoms with Gasteiger partial charge in [-0.1, -0.05) is 6.92 Å². The van der Waals surface area contributed by atoms with E-state index in [9.17, 15) is 0 Å². The third kappa shape index (κ3) is 1.12. The SMILES string of the molecule is CCc1nnc2n1CCC(N)C2. The fourth-order valence-electron chi connectivity index (χ4n) is 1.67. The molecule has 0 saturated carbocycles. The van der Waals surface area contributed by atoms with E-state index in [0.29, 0.717) is 0 Å². The van der Waals surface area contributed by atoms with Crippen LogP contribution in [0.4, 0.5) is 0 Å². The Morgan fingerprint density at radius 2 is 2.42 bits per heavy atom. The van der Waals surface area contributed by atoms with Gasteiger partial charge >= 0.3 is 0 Å². The van der Waals surface area contributed by atoms with Crippen molar-refractivity contribution in [2.75, 3.05) is 0 Å². The molecule has 0 saturated heterocycles. The molecule has 12 heavy (non-hydrogen) atoms. The second-order valence-electron chi connectivity index (χ2n) is 3.29. The lowest BCUT2D eigenvalue weighted by Gasteiger charge is -2.19. The second-order valence-corrected chi connectivity index (χ2v) is 3.29. The molecule has 0 radical (unpaired) electrons. The molecule has 0 aliphatic carbocycles. The Hall–Kier alpha value is -0.900. The maximum absolute atomic E-state index is 5.82. The second kappa shape index (κ2) is 2.86. The van der Waals surface area contributed by atoms with Crippen molar-refractivity contribution in [2.24, 2.45) is 5.73 Å². The number of aryl methyl sites for hydroxylation is 1. The highest BCUT2D eigenvalue weighted by Gasteiger charge is 2.19. The molecule has 4 nitrogen and oxygen atoms in total. The van der Waals surface area contributed by atoms with Crippen LogP contribution >= 0.6 is 0 Å². The normalized spacial score (nSPS) is 22.3. The lowest BCUT2D eigenvalue weighted by molar-refractivity contribution is 0.455. The predicted molar refractivity (Wildman–Crippen MR) is 45.7 cm³/mol. The molecule has 1 aliphatic heterocycles. The summed E-state index contributed by atoms with van der Waals surface area (Å²) in [6.07, 6.45) is 2.90. The van der Waals surface area contributed by atoms with Crippen LogP contribution in [-0.2, 0) is 19.4 Å². The van der Waals surface area contributed by atoms with Gasteiger partial charge in [-0.15, -0.1) is 10.2 Å². The van der Waals surface area contributed by atoms with E-state index in [1.165, 1.54) is 0 Å². The largest absolute Gasteiger partial charge is 0.327 e. The quantitative estimate of drug-likeness (QED) is 0.644. The molecule has 0 spiro atoms. The van der Waals surface area contributed by atoms with Crippen molar-refractivity contribution < 1.29 is 0 Å². The maximum atomic E-state index is 5.82. The van der Waals surface area contributed by atoms with E-state index >= 15 is 0 Å². The zero-order chi connectivity index (χ0) is 8.55. The van der Waals surface area contributed by atoms with Crippen LogP contribution < -0.4 is 5.73 Å². The molecule has 4 heteroatoms. The van der Waals surface area contributed by atoms with E-state index in [2.05, 4.69) is 21.7 Å². The Morgan fingerprint density at radius 3 is 3.17 bits per heavy atom. The summed E-state index contributed by atoms with van der Waals surface area (Å²) in [5, 5.41) is 8.22. The van der Waals surface area contributed by atoms with Crippen molar-refractivity contribution >= 4 is 0 Å². The zero-order valence-corrected chi connectivity index (χ0v) is 7.32. The van der Waals surface area contributed by atoms with E-state index in [1.807, 2.05) is 0 Å². The Morgan fingerprint density at radius 1 is 1.58 bits per heavy atom. The van der Waals surface area contributed by atoms with Crippen LogP contribution in [0, 0.1) is 0 Å². The van der Waals surface area contributed by atoms with Crippen molar-refractivity contribution in [3.8, 4) is 0 Å². The molecule has 2 N–H and O–H groups in total. The van der Waals surface area contributed by atoms with E-state index in [0.717, 1.165) is 37.5 Å². The summed E-state index contributed by atoms with van der Waals surface area (Å²) in [7, 11) is 0. The summed E-state index contributed by atoms with van der Waals surface area (Å²) in [5.41, 5.74) is 5.82. The molecule has 0 aromatic carbocycles. The van der Waals surface area contributed by atoms with Gasteiger partial charge in [0, 0.05) is 25.4 Å². The average molecular weight is 166 g/mol. The molecule has 2 heterocycles. The summed E-state index contributed by atoms with van der Waals surface area (Å²) < 4.78 is 2.20. The minimum absolute atomic E-state index is 0.284. The van der Waals surface area contributed by atoms with E-state index in [1.54, 1.807) is 0 Å². The molecular formula is C8H14N4. The van der Waals surface area contributed by atoms with Gasteiger partial charge in [0.1, 0.15) is 11.6 Å². The highest BCUT2D eigenvalue weighted by atomic mass is 15.3. The summed E-state index contributed by atoms with van der Waals surface area (Å²) in [5.74, 6) is 2.16. The van der Waals surface area contributed by atoms with E-state index in [4.69, 9.17) is 5.73 Å². The first-order valence-electron chi connectivity index (χ1n) is 4.47. The Balaban J connectivity index is 2.32. The third-order valence-electron chi connectivity index (χ3n) is 2.39. The van der Waals surface area contributed by atoms with Crippen molar-refractivity contribution in [3.05, 3.63) is 11.6 Å². The van der Waals surface area contributed by atoms with Crippen LogP contribution in [-0.4, -0.2) is 20.8 Å². The first-order valence-corrected chi connectivity index (χ1v) is 4.47. The Bertz CT molecular complexity index is 279. The Kier molecular flexibility index (Phi) is 1.84. The van der Waals surface area contributed by atoms with E-state index in [-0.39, 0.29) is 6.04 Å². The van der Waals surface area contributed by atoms with Crippen LogP contribution in [0.2, 0.25) is 0 Å². The highest BCUT2D eigenvalue weighted by Crippen LogP contribution is 2.13. The molecule has 1 atom stereocenters. The number of nitrogens with zero attached hydrogens (tertiary/aromatic N) is 3. The van der Waals surface area contributed by atoms with Crippen LogP contribution in [0.1, 0.15) is 25.0 Å². The summed E-state index contributed by atoms with van der Waals surface area (Å²) in [6, 6.07) is 0.284. The van der Waals surface area contributed by atoms with Gasteiger partial charge in [-0.3, -0.25) is 0 Å². The van der Waals surface area contributed by atoms with E-state index < -0.39 is 0 Å². The highest BCUT2D eigenvalue weighted by molar-refractivity contribution is 5.01. The number of aromatic nitrogens is 3. The van der Waals surface area contributed by atoms with Gasteiger partial charge in [-0.2, -0.15) is 0 Å². The number of hydrogen-bond acceptors (Lipinski definition) is 3. The standard InChI is InChI=1S/C8H14N4/c1-2-7-10-11-8-5-6(9)3-4-12(7)8/h6H,2-5,9H2,1H3. The maximum Gasteiger partial charge on any atom is 0.134 e. The molecular weight excluding hydrogens is 152 g/mol. The lowest BCUT2D eigenvalue weighted by Crippen LogP contribution is -2.31. The van der Waals surface area contributed by atoms with Gasteiger partial charge in [-0.25, -0.2) is 0 Å². The number of rotatable bonds is 1. The zero-order valence-electron chi connectivity index (χ0n) is 7.32. The smallest absolute Gasteiger partial charge is 0.134 e. The van der Waals surface area contributed by atoms with Crippen molar-refractivity contribution in [1.82, 2.24) is 14.8 Å². The predicted octanol–water partition coefficient (Wildman–Crippen LogP) is 0.114. The number of nitrogens with two attached hydrogens (primary N) is 1.